The minimum Gasteiger partial charge on any atom is -0.474 e. The fourth-order valence-electron chi connectivity index (χ4n) is 3.49. The monoisotopic (exact) mass is 304 g/mol. The van der Waals surface area contributed by atoms with E-state index >= 15 is 0 Å². The maximum absolute atomic E-state index is 12.6. The smallest absolute Gasteiger partial charge is 0.274 e. The summed E-state index contributed by atoms with van der Waals surface area (Å²) >= 11 is 0. The topological polar surface area (TPSA) is 58.6 Å². The summed E-state index contributed by atoms with van der Waals surface area (Å²) in [6.45, 7) is 7.74. The second-order valence-electron chi connectivity index (χ2n) is 6.87. The predicted molar refractivity (Wildman–Crippen MR) is 82.9 cm³/mol. The molecule has 1 aromatic heterocycles. The number of carbonyl (C=O) groups excluding carboxylic acids is 1. The van der Waals surface area contributed by atoms with Crippen molar-refractivity contribution in [2.24, 2.45) is 5.41 Å². The van der Waals surface area contributed by atoms with E-state index in [0.29, 0.717) is 17.0 Å². The van der Waals surface area contributed by atoms with Crippen molar-refractivity contribution in [3.8, 4) is 5.88 Å². The van der Waals surface area contributed by atoms with Gasteiger partial charge in [-0.3, -0.25) is 4.79 Å². The van der Waals surface area contributed by atoms with Crippen molar-refractivity contribution in [3.05, 3.63) is 18.1 Å². The summed E-state index contributed by atoms with van der Waals surface area (Å²) < 4.78 is 5.46. The van der Waals surface area contributed by atoms with E-state index < -0.39 is 0 Å². The van der Waals surface area contributed by atoms with Crippen LogP contribution in [0.15, 0.2) is 12.4 Å². The fourth-order valence-corrected chi connectivity index (χ4v) is 3.49. The molecule has 120 valence electrons. The molecule has 6 nitrogen and oxygen atoms in total. The van der Waals surface area contributed by atoms with Gasteiger partial charge >= 0.3 is 0 Å². The van der Waals surface area contributed by atoms with Crippen molar-refractivity contribution in [2.75, 3.05) is 33.2 Å². The van der Waals surface area contributed by atoms with Crippen LogP contribution in [0.3, 0.4) is 0 Å². The van der Waals surface area contributed by atoms with Gasteiger partial charge in [-0.05, 0) is 40.3 Å². The highest BCUT2D eigenvalue weighted by Gasteiger charge is 2.44. The van der Waals surface area contributed by atoms with E-state index in [4.69, 9.17) is 4.74 Å². The maximum Gasteiger partial charge on any atom is 0.274 e. The average molecular weight is 304 g/mol. The Balaban J connectivity index is 1.65. The molecule has 3 rings (SSSR count). The van der Waals surface area contributed by atoms with E-state index in [1.165, 1.54) is 18.8 Å². The SMILES string of the molecule is CC(C)Oc1cnc(C(=O)N2CCC3(CCN(C)C3)C2)cn1. The maximum atomic E-state index is 12.6. The molecule has 0 saturated carbocycles. The lowest BCUT2D eigenvalue weighted by Gasteiger charge is -2.23. The second-order valence-corrected chi connectivity index (χ2v) is 6.87. The molecule has 2 aliphatic rings. The van der Waals surface area contributed by atoms with Crippen LogP contribution in [0.2, 0.25) is 0 Å². The molecule has 2 fully saturated rings. The minimum atomic E-state index is -0.0185. The molecule has 0 bridgehead atoms. The summed E-state index contributed by atoms with van der Waals surface area (Å²) in [6, 6.07) is 0. The first-order valence-electron chi connectivity index (χ1n) is 7.94. The molecule has 2 saturated heterocycles. The Hall–Kier alpha value is -1.69. The van der Waals surface area contributed by atoms with Crippen LogP contribution >= 0.6 is 0 Å². The molecule has 0 radical (unpaired) electrons. The van der Waals surface area contributed by atoms with Crippen LogP contribution in [0, 0.1) is 5.41 Å². The highest BCUT2D eigenvalue weighted by Crippen LogP contribution is 2.39. The number of aromatic nitrogens is 2. The van der Waals surface area contributed by atoms with E-state index in [2.05, 4.69) is 21.9 Å². The zero-order chi connectivity index (χ0) is 15.7. The summed E-state index contributed by atoms with van der Waals surface area (Å²) in [4.78, 5) is 25.2. The van der Waals surface area contributed by atoms with Crippen LogP contribution in [0.5, 0.6) is 5.88 Å². The molecule has 22 heavy (non-hydrogen) atoms. The Labute approximate surface area is 131 Å². The van der Waals surface area contributed by atoms with Crippen LogP contribution in [0.1, 0.15) is 37.2 Å². The van der Waals surface area contributed by atoms with Gasteiger partial charge < -0.3 is 14.5 Å². The van der Waals surface area contributed by atoms with E-state index in [1.807, 2.05) is 18.7 Å². The van der Waals surface area contributed by atoms with Gasteiger partial charge in [-0.1, -0.05) is 0 Å². The highest BCUT2D eigenvalue weighted by atomic mass is 16.5. The number of ether oxygens (including phenoxy) is 1. The number of hydrogen-bond donors (Lipinski definition) is 0. The molecule has 6 heteroatoms. The van der Waals surface area contributed by atoms with E-state index in [1.54, 1.807) is 0 Å². The third kappa shape index (κ3) is 3.06. The van der Waals surface area contributed by atoms with E-state index in [9.17, 15) is 4.79 Å². The Morgan fingerprint density at radius 2 is 2.00 bits per heavy atom. The van der Waals surface area contributed by atoms with Gasteiger partial charge in [0.25, 0.3) is 5.91 Å². The molecule has 3 heterocycles. The van der Waals surface area contributed by atoms with Gasteiger partial charge in [0.15, 0.2) is 0 Å². The molecule has 1 amide bonds. The Kier molecular flexibility index (Phi) is 4.04. The minimum absolute atomic E-state index is 0.0185. The predicted octanol–water partition coefficient (Wildman–Crippen LogP) is 1.43. The Morgan fingerprint density at radius 3 is 2.59 bits per heavy atom. The van der Waals surface area contributed by atoms with Gasteiger partial charge in [-0.2, -0.15) is 0 Å². The molecule has 1 spiro atoms. The molecular weight excluding hydrogens is 280 g/mol. The summed E-state index contributed by atoms with van der Waals surface area (Å²) in [5.41, 5.74) is 0.693. The third-order valence-corrected chi connectivity index (χ3v) is 4.56. The molecule has 1 atom stereocenters. The molecule has 0 N–H and O–H groups in total. The first-order chi connectivity index (χ1) is 10.5. The Bertz CT molecular complexity index is 546. The zero-order valence-corrected chi connectivity index (χ0v) is 13.6. The van der Waals surface area contributed by atoms with Crippen molar-refractivity contribution in [2.45, 2.75) is 32.8 Å². The highest BCUT2D eigenvalue weighted by molar-refractivity contribution is 5.92. The van der Waals surface area contributed by atoms with Crippen molar-refractivity contribution in [1.82, 2.24) is 19.8 Å². The first-order valence-corrected chi connectivity index (χ1v) is 7.94. The van der Waals surface area contributed by atoms with Gasteiger partial charge in [0, 0.05) is 25.0 Å². The van der Waals surface area contributed by atoms with Crippen LogP contribution < -0.4 is 4.74 Å². The van der Waals surface area contributed by atoms with E-state index in [0.717, 1.165) is 32.6 Å². The summed E-state index contributed by atoms with van der Waals surface area (Å²) in [5, 5.41) is 0. The van der Waals surface area contributed by atoms with Crippen molar-refractivity contribution < 1.29 is 9.53 Å². The normalized spacial score (nSPS) is 25.4. The largest absolute Gasteiger partial charge is 0.474 e. The number of amides is 1. The standard InChI is InChI=1S/C16H24N4O2/c1-12(2)22-14-9-17-13(8-18-14)15(21)20-7-5-16(11-20)4-6-19(3)10-16/h8-9,12H,4-7,10-11H2,1-3H3. The molecule has 2 aliphatic heterocycles. The van der Waals surface area contributed by atoms with Crippen molar-refractivity contribution in [1.29, 1.82) is 0 Å². The van der Waals surface area contributed by atoms with Crippen LogP contribution in [-0.2, 0) is 0 Å². The number of carbonyl (C=O) groups is 1. The van der Waals surface area contributed by atoms with Crippen LogP contribution in [0.4, 0.5) is 0 Å². The van der Waals surface area contributed by atoms with Gasteiger partial charge in [-0.25, -0.2) is 9.97 Å². The summed E-state index contributed by atoms with van der Waals surface area (Å²) in [7, 11) is 2.15. The lowest BCUT2D eigenvalue weighted by Crippen LogP contribution is -2.34. The molecular formula is C16H24N4O2. The summed E-state index contributed by atoms with van der Waals surface area (Å²) in [6.07, 6.45) is 5.37. The van der Waals surface area contributed by atoms with Crippen molar-refractivity contribution in [3.63, 3.8) is 0 Å². The van der Waals surface area contributed by atoms with Crippen LogP contribution in [0.25, 0.3) is 0 Å². The van der Waals surface area contributed by atoms with Crippen LogP contribution in [-0.4, -0.2) is 65.0 Å². The lowest BCUT2D eigenvalue weighted by molar-refractivity contribution is 0.0767. The number of nitrogens with zero attached hydrogens (tertiary/aromatic N) is 4. The lowest BCUT2D eigenvalue weighted by atomic mass is 9.86. The van der Waals surface area contributed by atoms with Gasteiger partial charge in [-0.15, -0.1) is 0 Å². The fraction of sp³-hybridized carbons (Fsp3) is 0.688. The van der Waals surface area contributed by atoms with Gasteiger partial charge in [0.1, 0.15) is 5.69 Å². The van der Waals surface area contributed by atoms with Gasteiger partial charge in [0.2, 0.25) is 5.88 Å². The molecule has 1 unspecified atom stereocenters. The molecule has 0 aliphatic carbocycles. The number of likely N-dealkylation sites (tertiary alicyclic amines) is 2. The van der Waals surface area contributed by atoms with Crippen molar-refractivity contribution >= 4 is 5.91 Å². The molecule has 0 aromatic carbocycles. The number of rotatable bonds is 3. The third-order valence-electron chi connectivity index (χ3n) is 4.56. The number of hydrogen-bond acceptors (Lipinski definition) is 5. The Morgan fingerprint density at radius 1 is 1.23 bits per heavy atom. The van der Waals surface area contributed by atoms with Gasteiger partial charge in [0.05, 0.1) is 18.5 Å². The molecule has 1 aromatic rings. The summed E-state index contributed by atoms with van der Waals surface area (Å²) in [5.74, 6) is 0.442. The zero-order valence-electron chi connectivity index (χ0n) is 13.6. The first kappa shape index (κ1) is 15.2. The second kappa shape index (κ2) is 5.83. The quantitative estimate of drug-likeness (QED) is 0.845. The van der Waals surface area contributed by atoms with E-state index in [-0.39, 0.29) is 12.0 Å². The average Bonchev–Trinajstić information content (AvgIpc) is 3.05.